The summed E-state index contributed by atoms with van der Waals surface area (Å²) >= 11 is 0. The van der Waals surface area contributed by atoms with E-state index < -0.39 is 23.2 Å². The minimum Gasteiger partial charge on any atom is -0.506 e. The normalized spacial score (nSPS) is 16.0. The van der Waals surface area contributed by atoms with E-state index in [9.17, 15) is 19.8 Å². The highest BCUT2D eigenvalue weighted by atomic mass is 16.5. The van der Waals surface area contributed by atoms with Crippen molar-refractivity contribution >= 4 is 16.8 Å². The molecule has 0 spiro atoms. The second-order valence-corrected chi connectivity index (χ2v) is 8.56. The fourth-order valence-corrected chi connectivity index (χ4v) is 3.87. The summed E-state index contributed by atoms with van der Waals surface area (Å²) in [6.07, 6.45) is -0.406. The quantitative estimate of drug-likeness (QED) is 0.499. The Morgan fingerprint density at radius 2 is 1.87 bits per heavy atom. The summed E-state index contributed by atoms with van der Waals surface area (Å²) in [5.41, 5.74) is 0.173. The number of Topliss-reactive ketones (excluding diaryl/α,β-unsaturated/α-hetero) is 1. The standard InChI is InChI=1S/C24H24O6/c1-12(2)20(26)19-21(27)18-14(13-8-6-5-7-9-13)11-17(25)30-22(18)15-10-16(24(3,4)28)29-23(15)19/h5-9,11-12,16,27-28H,10H2,1-4H3/t16-/m1/s1. The molecular formula is C24H24O6. The van der Waals surface area contributed by atoms with Crippen LogP contribution in [-0.4, -0.2) is 27.7 Å². The largest absolute Gasteiger partial charge is 0.506 e. The van der Waals surface area contributed by atoms with E-state index in [1.54, 1.807) is 27.7 Å². The van der Waals surface area contributed by atoms with Crippen LogP contribution in [0.4, 0.5) is 0 Å². The van der Waals surface area contributed by atoms with Gasteiger partial charge in [-0.1, -0.05) is 44.2 Å². The zero-order valence-corrected chi connectivity index (χ0v) is 17.4. The summed E-state index contributed by atoms with van der Waals surface area (Å²) in [6.45, 7) is 6.70. The van der Waals surface area contributed by atoms with Crippen LogP contribution in [0.25, 0.3) is 22.1 Å². The lowest BCUT2D eigenvalue weighted by Gasteiger charge is -2.25. The molecule has 4 rings (SSSR count). The molecule has 2 aromatic carbocycles. The van der Waals surface area contributed by atoms with E-state index in [4.69, 9.17) is 9.15 Å². The molecule has 2 heterocycles. The third-order valence-corrected chi connectivity index (χ3v) is 5.50. The Bertz CT molecular complexity index is 1200. The number of aliphatic hydroxyl groups is 1. The second kappa shape index (κ2) is 6.99. The van der Waals surface area contributed by atoms with Gasteiger partial charge >= 0.3 is 5.63 Å². The first-order valence-corrected chi connectivity index (χ1v) is 9.94. The zero-order chi connectivity index (χ0) is 21.8. The lowest BCUT2D eigenvalue weighted by atomic mass is 9.90. The van der Waals surface area contributed by atoms with Gasteiger partial charge in [0.25, 0.3) is 0 Å². The van der Waals surface area contributed by atoms with E-state index in [-0.39, 0.29) is 34.8 Å². The maximum Gasteiger partial charge on any atom is 0.336 e. The number of ether oxygens (including phenoxy) is 1. The SMILES string of the molecule is CC(C)C(=O)c1c2c(c3oc(=O)cc(-c4ccccc4)c3c1O)C[C@H](C(C)(C)O)O2. The van der Waals surface area contributed by atoms with Crippen LogP contribution in [0.1, 0.15) is 43.6 Å². The first kappa shape index (κ1) is 20.2. The lowest BCUT2D eigenvalue weighted by Crippen LogP contribution is -2.39. The molecule has 2 N–H and O–H groups in total. The Hall–Kier alpha value is -3.12. The van der Waals surface area contributed by atoms with E-state index >= 15 is 0 Å². The molecule has 0 saturated carbocycles. The van der Waals surface area contributed by atoms with Crippen molar-refractivity contribution in [1.82, 2.24) is 0 Å². The highest BCUT2D eigenvalue weighted by Gasteiger charge is 2.41. The van der Waals surface area contributed by atoms with Crippen molar-refractivity contribution < 1.29 is 24.2 Å². The van der Waals surface area contributed by atoms with Gasteiger partial charge in [0.05, 0.1) is 11.0 Å². The topological polar surface area (TPSA) is 97.0 Å². The molecule has 156 valence electrons. The molecule has 0 bridgehead atoms. The Kier molecular flexibility index (Phi) is 4.70. The Balaban J connectivity index is 2.13. The number of ketones is 1. The number of hydrogen-bond donors (Lipinski definition) is 2. The average molecular weight is 408 g/mol. The first-order valence-electron chi connectivity index (χ1n) is 9.94. The molecule has 0 saturated heterocycles. The number of carbonyl (C=O) groups is 1. The van der Waals surface area contributed by atoms with Crippen molar-refractivity contribution in [1.29, 1.82) is 0 Å². The Labute approximate surface area is 173 Å². The number of carbonyl (C=O) groups excluding carboxylic acids is 1. The van der Waals surface area contributed by atoms with E-state index in [1.807, 2.05) is 30.3 Å². The van der Waals surface area contributed by atoms with Gasteiger partial charge in [-0.25, -0.2) is 4.79 Å². The highest BCUT2D eigenvalue weighted by Crippen LogP contribution is 2.48. The first-order chi connectivity index (χ1) is 14.1. The van der Waals surface area contributed by atoms with Crippen molar-refractivity contribution in [2.24, 2.45) is 5.92 Å². The zero-order valence-electron chi connectivity index (χ0n) is 17.4. The minimum atomic E-state index is -1.20. The molecule has 0 aliphatic carbocycles. The molecule has 6 nitrogen and oxygen atoms in total. The maximum atomic E-state index is 13.0. The van der Waals surface area contributed by atoms with Gasteiger partial charge in [-0.15, -0.1) is 0 Å². The summed E-state index contributed by atoms with van der Waals surface area (Å²) in [4.78, 5) is 25.4. The van der Waals surface area contributed by atoms with Crippen molar-refractivity contribution in [3.63, 3.8) is 0 Å². The molecule has 1 aliphatic heterocycles. The van der Waals surface area contributed by atoms with Crippen molar-refractivity contribution in [3.05, 3.63) is 57.9 Å². The van der Waals surface area contributed by atoms with Crippen LogP contribution in [0.2, 0.25) is 0 Å². The maximum absolute atomic E-state index is 13.0. The average Bonchev–Trinajstić information content (AvgIpc) is 3.13. The molecule has 6 heteroatoms. The predicted molar refractivity (Wildman–Crippen MR) is 113 cm³/mol. The van der Waals surface area contributed by atoms with Crippen LogP contribution in [-0.2, 0) is 6.42 Å². The Morgan fingerprint density at radius 3 is 2.47 bits per heavy atom. The minimum absolute atomic E-state index is 0.0604. The molecule has 1 aliphatic rings. The number of rotatable bonds is 4. The van der Waals surface area contributed by atoms with Crippen LogP contribution in [0, 0.1) is 5.92 Å². The predicted octanol–water partition coefficient (Wildman–Crippen LogP) is 4.08. The van der Waals surface area contributed by atoms with Crippen LogP contribution in [0.3, 0.4) is 0 Å². The monoisotopic (exact) mass is 408 g/mol. The smallest absolute Gasteiger partial charge is 0.336 e. The molecule has 0 fully saturated rings. The molecule has 0 radical (unpaired) electrons. The summed E-state index contributed by atoms with van der Waals surface area (Å²) < 4.78 is 11.5. The van der Waals surface area contributed by atoms with Crippen molar-refractivity contribution in [2.45, 2.75) is 45.8 Å². The van der Waals surface area contributed by atoms with Crippen molar-refractivity contribution in [3.8, 4) is 22.6 Å². The molecule has 3 aromatic rings. The van der Waals surface area contributed by atoms with Gasteiger partial charge in [-0.05, 0) is 19.4 Å². The number of benzene rings is 2. The van der Waals surface area contributed by atoms with Crippen LogP contribution in [0.5, 0.6) is 11.5 Å². The van der Waals surface area contributed by atoms with Crippen LogP contribution in [0.15, 0.2) is 45.6 Å². The summed E-state index contributed by atoms with van der Waals surface area (Å²) in [6, 6.07) is 10.5. The van der Waals surface area contributed by atoms with Gasteiger partial charge in [0, 0.05) is 29.5 Å². The molecule has 0 amide bonds. The third-order valence-electron chi connectivity index (χ3n) is 5.50. The van der Waals surface area contributed by atoms with E-state index in [2.05, 4.69) is 0 Å². The van der Waals surface area contributed by atoms with Crippen molar-refractivity contribution in [2.75, 3.05) is 0 Å². The summed E-state index contributed by atoms with van der Waals surface area (Å²) in [7, 11) is 0. The molecule has 1 aromatic heterocycles. The van der Waals surface area contributed by atoms with E-state index in [0.29, 0.717) is 22.1 Å². The van der Waals surface area contributed by atoms with Gasteiger partial charge in [0.15, 0.2) is 5.78 Å². The van der Waals surface area contributed by atoms with E-state index in [0.717, 1.165) is 0 Å². The molecular weight excluding hydrogens is 384 g/mol. The van der Waals surface area contributed by atoms with Crippen LogP contribution >= 0.6 is 0 Å². The highest BCUT2D eigenvalue weighted by molar-refractivity contribution is 6.12. The van der Waals surface area contributed by atoms with Crippen LogP contribution < -0.4 is 10.4 Å². The number of phenols is 1. The fraction of sp³-hybridized carbons (Fsp3) is 0.333. The lowest BCUT2D eigenvalue weighted by molar-refractivity contribution is -0.0232. The second-order valence-electron chi connectivity index (χ2n) is 8.56. The summed E-state index contributed by atoms with van der Waals surface area (Å²) in [5.74, 6) is -0.772. The number of phenolic OH excluding ortho intramolecular Hbond substituents is 1. The van der Waals surface area contributed by atoms with Gasteiger partial charge in [0.2, 0.25) is 0 Å². The number of fused-ring (bicyclic) bond motifs is 3. The Morgan fingerprint density at radius 1 is 1.20 bits per heavy atom. The third kappa shape index (κ3) is 3.17. The van der Waals surface area contributed by atoms with E-state index in [1.165, 1.54) is 6.07 Å². The molecule has 1 atom stereocenters. The van der Waals surface area contributed by atoms with Gasteiger partial charge in [-0.2, -0.15) is 0 Å². The van der Waals surface area contributed by atoms with Gasteiger partial charge < -0.3 is 19.4 Å². The number of hydrogen-bond acceptors (Lipinski definition) is 6. The van der Waals surface area contributed by atoms with Gasteiger partial charge in [0.1, 0.15) is 28.7 Å². The number of aromatic hydroxyl groups is 1. The fourth-order valence-electron chi connectivity index (χ4n) is 3.87. The summed E-state index contributed by atoms with van der Waals surface area (Å²) in [5, 5.41) is 22.0. The van der Waals surface area contributed by atoms with Gasteiger partial charge in [-0.3, -0.25) is 4.79 Å². The molecule has 30 heavy (non-hydrogen) atoms. The molecule has 0 unspecified atom stereocenters.